The van der Waals surface area contributed by atoms with Gasteiger partial charge in [-0.05, 0) is 24.2 Å². The van der Waals surface area contributed by atoms with Crippen molar-refractivity contribution in [2.24, 2.45) is 0 Å². The summed E-state index contributed by atoms with van der Waals surface area (Å²) in [5, 5.41) is 3.32. The molecule has 0 aliphatic heterocycles. The molecule has 4 heteroatoms. The molecule has 0 fully saturated rings. The van der Waals surface area contributed by atoms with Crippen LogP contribution >= 0.6 is 15.9 Å². The number of benzene rings is 1. The molecule has 1 aromatic carbocycles. The van der Waals surface area contributed by atoms with Crippen LogP contribution in [0, 0.1) is 0 Å². The number of hydrogen-bond acceptors (Lipinski definition) is 2. The standard InChI is InChI=1S/C13H16BrN3/c1-2-15-7-13-8-16-10-17(13)9-11-3-5-12(14)6-4-11/h3-6,8,10,15H,2,7,9H2,1H3. The highest BCUT2D eigenvalue weighted by atomic mass is 79.9. The van der Waals surface area contributed by atoms with Gasteiger partial charge < -0.3 is 9.88 Å². The Morgan fingerprint density at radius 1 is 1.29 bits per heavy atom. The Hall–Kier alpha value is -1.13. The Balaban J connectivity index is 2.07. The van der Waals surface area contributed by atoms with Crippen LogP contribution < -0.4 is 5.32 Å². The third kappa shape index (κ3) is 3.41. The van der Waals surface area contributed by atoms with Crippen LogP contribution in [0.4, 0.5) is 0 Å². The van der Waals surface area contributed by atoms with Crippen molar-refractivity contribution >= 4 is 15.9 Å². The molecule has 3 nitrogen and oxygen atoms in total. The van der Waals surface area contributed by atoms with E-state index in [1.165, 1.54) is 11.3 Å². The Morgan fingerprint density at radius 3 is 2.76 bits per heavy atom. The third-order valence-electron chi connectivity index (χ3n) is 2.62. The van der Waals surface area contributed by atoms with E-state index >= 15 is 0 Å². The zero-order chi connectivity index (χ0) is 12.1. The van der Waals surface area contributed by atoms with Gasteiger partial charge in [0.05, 0.1) is 12.0 Å². The average Bonchev–Trinajstić information content (AvgIpc) is 2.77. The number of imidazole rings is 1. The van der Waals surface area contributed by atoms with E-state index in [0.717, 1.165) is 24.1 Å². The zero-order valence-corrected chi connectivity index (χ0v) is 11.4. The summed E-state index contributed by atoms with van der Waals surface area (Å²) in [5.41, 5.74) is 2.50. The Kier molecular flexibility index (Phi) is 4.34. The molecule has 0 saturated heterocycles. The van der Waals surface area contributed by atoms with Crippen LogP contribution in [0.1, 0.15) is 18.2 Å². The monoisotopic (exact) mass is 293 g/mol. The quantitative estimate of drug-likeness (QED) is 0.919. The first-order valence-electron chi connectivity index (χ1n) is 5.73. The second kappa shape index (κ2) is 5.98. The minimum atomic E-state index is 0.868. The molecule has 17 heavy (non-hydrogen) atoms. The fourth-order valence-electron chi connectivity index (χ4n) is 1.68. The summed E-state index contributed by atoms with van der Waals surface area (Å²) >= 11 is 3.44. The molecule has 1 heterocycles. The van der Waals surface area contributed by atoms with Gasteiger partial charge in [0, 0.05) is 23.8 Å². The summed E-state index contributed by atoms with van der Waals surface area (Å²) in [6.07, 6.45) is 3.80. The van der Waals surface area contributed by atoms with E-state index < -0.39 is 0 Å². The number of nitrogens with zero attached hydrogens (tertiary/aromatic N) is 2. The van der Waals surface area contributed by atoms with Gasteiger partial charge in [0.1, 0.15) is 0 Å². The lowest BCUT2D eigenvalue weighted by Crippen LogP contribution is -2.15. The third-order valence-corrected chi connectivity index (χ3v) is 3.15. The van der Waals surface area contributed by atoms with Crippen molar-refractivity contribution in [2.75, 3.05) is 6.54 Å². The summed E-state index contributed by atoms with van der Waals surface area (Å²) < 4.78 is 3.28. The number of hydrogen-bond donors (Lipinski definition) is 1. The van der Waals surface area contributed by atoms with Gasteiger partial charge in [0.25, 0.3) is 0 Å². The van der Waals surface area contributed by atoms with Crippen molar-refractivity contribution < 1.29 is 0 Å². The normalized spacial score (nSPS) is 10.7. The maximum Gasteiger partial charge on any atom is 0.0951 e. The topological polar surface area (TPSA) is 29.9 Å². The summed E-state index contributed by atoms with van der Waals surface area (Å²) in [6.45, 7) is 4.82. The van der Waals surface area contributed by atoms with Gasteiger partial charge in [-0.25, -0.2) is 4.98 Å². The van der Waals surface area contributed by atoms with E-state index in [2.05, 4.69) is 62.0 Å². The first-order valence-corrected chi connectivity index (χ1v) is 6.53. The molecular formula is C13H16BrN3. The second-order valence-corrected chi connectivity index (χ2v) is 4.84. The van der Waals surface area contributed by atoms with Crippen molar-refractivity contribution in [1.82, 2.24) is 14.9 Å². The van der Waals surface area contributed by atoms with Crippen LogP contribution in [0.2, 0.25) is 0 Å². The molecule has 1 N–H and O–H groups in total. The van der Waals surface area contributed by atoms with Gasteiger partial charge in [-0.3, -0.25) is 0 Å². The molecule has 0 atom stereocenters. The lowest BCUT2D eigenvalue weighted by Gasteiger charge is -2.08. The first kappa shape index (κ1) is 12.3. The fraction of sp³-hybridized carbons (Fsp3) is 0.308. The summed E-state index contributed by atoms with van der Waals surface area (Å²) in [5.74, 6) is 0. The van der Waals surface area contributed by atoms with Crippen LogP contribution in [0.15, 0.2) is 41.3 Å². The van der Waals surface area contributed by atoms with Gasteiger partial charge >= 0.3 is 0 Å². The molecule has 2 rings (SSSR count). The molecule has 0 unspecified atom stereocenters. The molecule has 2 aromatic rings. The highest BCUT2D eigenvalue weighted by Crippen LogP contribution is 2.12. The number of halogens is 1. The van der Waals surface area contributed by atoms with Crippen molar-refractivity contribution in [2.45, 2.75) is 20.0 Å². The average molecular weight is 294 g/mol. The van der Waals surface area contributed by atoms with E-state index in [-0.39, 0.29) is 0 Å². The molecule has 0 saturated carbocycles. The van der Waals surface area contributed by atoms with Crippen molar-refractivity contribution in [3.05, 3.63) is 52.5 Å². The van der Waals surface area contributed by atoms with E-state index in [9.17, 15) is 0 Å². The highest BCUT2D eigenvalue weighted by molar-refractivity contribution is 9.10. The van der Waals surface area contributed by atoms with E-state index in [0.29, 0.717) is 0 Å². The smallest absolute Gasteiger partial charge is 0.0951 e. The van der Waals surface area contributed by atoms with Crippen LogP contribution in [-0.4, -0.2) is 16.1 Å². The van der Waals surface area contributed by atoms with Crippen LogP contribution in [0.25, 0.3) is 0 Å². The lowest BCUT2D eigenvalue weighted by atomic mass is 10.2. The summed E-state index contributed by atoms with van der Waals surface area (Å²) in [7, 11) is 0. The van der Waals surface area contributed by atoms with E-state index in [1.807, 2.05) is 12.5 Å². The predicted molar refractivity (Wildman–Crippen MR) is 72.9 cm³/mol. The molecule has 90 valence electrons. The van der Waals surface area contributed by atoms with Crippen molar-refractivity contribution in [3.63, 3.8) is 0 Å². The molecular weight excluding hydrogens is 278 g/mol. The van der Waals surface area contributed by atoms with Gasteiger partial charge in [0.2, 0.25) is 0 Å². The largest absolute Gasteiger partial charge is 0.329 e. The Bertz CT molecular complexity index is 462. The van der Waals surface area contributed by atoms with E-state index in [4.69, 9.17) is 0 Å². The summed E-state index contributed by atoms with van der Waals surface area (Å²) in [6, 6.07) is 8.38. The SMILES string of the molecule is CCNCc1cncn1Cc1ccc(Br)cc1. The maximum atomic E-state index is 4.20. The zero-order valence-electron chi connectivity index (χ0n) is 9.86. The van der Waals surface area contributed by atoms with Crippen LogP contribution in [0.3, 0.4) is 0 Å². The van der Waals surface area contributed by atoms with Gasteiger partial charge in [0.15, 0.2) is 0 Å². The van der Waals surface area contributed by atoms with Gasteiger partial charge in [-0.1, -0.05) is 35.0 Å². The fourth-order valence-corrected chi connectivity index (χ4v) is 1.94. The molecule has 0 radical (unpaired) electrons. The van der Waals surface area contributed by atoms with Crippen molar-refractivity contribution in [1.29, 1.82) is 0 Å². The lowest BCUT2D eigenvalue weighted by molar-refractivity contribution is 0.657. The molecule has 0 aliphatic rings. The van der Waals surface area contributed by atoms with Crippen LogP contribution in [0.5, 0.6) is 0 Å². The summed E-state index contributed by atoms with van der Waals surface area (Å²) in [4.78, 5) is 4.20. The van der Waals surface area contributed by atoms with E-state index in [1.54, 1.807) is 0 Å². The minimum absolute atomic E-state index is 0.868. The Morgan fingerprint density at radius 2 is 2.06 bits per heavy atom. The number of aromatic nitrogens is 2. The predicted octanol–water partition coefficient (Wildman–Crippen LogP) is 2.80. The van der Waals surface area contributed by atoms with Crippen LogP contribution in [-0.2, 0) is 13.1 Å². The highest BCUT2D eigenvalue weighted by Gasteiger charge is 2.02. The molecule has 1 aromatic heterocycles. The number of nitrogens with one attached hydrogen (secondary N) is 1. The second-order valence-electron chi connectivity index (χ2n) is 3.92. The Labute approximate surface area is 110 Å². The molecule has 0 amide bonds. The molecule has 0 aliphatic carbocycles. The minimum Gasteiger partial charge on any atom is -0.329 e. The van der Waals surface area contributed by atoms with Gasteiger partial charge in [-0.2, -0.15) is 0 Å². The number of rotatable bonds is 5. The maximum absolute atomic E-state index is 4.20. The molecule has 0 spiro atoms. The van der Waals surface area contributed by atoms with Gasteiger partial charge in [-0.15, -0.1) is 0 Å². The molecule has 0 bridgehead atoms. The first-order chi connectivity index (χ1) is 8.29. The van der Waals surface area contributed by atoms with Crippen molar-refractivity contribution in [3.8, 4) is 0 Å².